The van der Waals surface area contributed by atoms with Crippen LogP contribution in [0, 0.1) is 0 Å². The molecule has 1 heterocycles. The first kappa shape index (κ1) is 29.3. The number of urea groups is 1. The van der Waals surface area contributed by atoms with Crippen LogP contribution < -0.4 is 20.7 Å². The maximum absolute atomic E-state index is 12.9. The number of nitrogens with zero attached hydrogens (tertiary/aromatic N) is 2. The van der Waals surface area contributed by atoms with Crippen molar-refractivity contribution in [1.29, 1.82) is 0 Å². The molecule has 4 rings (SSSR count). The van der Waals surface area contributed by atoms with Gasteiger partial charge in [0.2, 0.25) is 0 Å². The van der Waals surface area contributed by atoms with Crippen molar-refractivity contribution in [3.8, 4) is 0 Å². The number of carbonyl (C=O) groups excluding carboxylic acids is 1. The van der Waals surface area contributed by atoms with E-state index in [1.807, 2.05) is 12.1 Å². The summed E-state index contributed by atoms with van der Waals surface area (Å²) in [5.41, 5.74) is 4.74. The Morgan fingerprint density at radius 1 is 1.02 bits per heavy atom. The summed E-state index contributed by atoms with van der Waals surface area (Å²) in [5.74, 6) is 0. The molecule has 9 nitrogen and oxygen atoms in total. The van der Waals surface area contributed by atoms with Crippen LogP contribution in [0.5, 0.6) is 0 Å². The molecular weight excluding hydrogens is 571 g/mol. The molecule has 40 heavy (non-hydrogen) atoms. The number of halogens is 2. The summed E-state index contributed by atoms with van der Waals surface area (Å²) in [6, 6.07) is 13.8. The Morgan fingerprint density at radius 2 is 1.75 bits per heavy atom. The van der Waals surface area contributed by atoms with E-state index in [-0.39, 0.29) is 14.9 Å². The number of hydrogen-bond acceptors (Lipinski definition) is 6. The van der Waals surface area contributed by atoms with Gasteiger partial charge >= 0.3 is 6.03 Å². The van der Waals surface area contributed by atoms with Crippen molar-refractivity contribution < 1.29 is 13.2 Å². The van der Waals surface area contributed by atoms with Gasteiger partial charge in [-0.2, -0.15) is 0 Å². The third-order valence-corrected chi connectivity index (χ3v) is 8.65. The van der Waals surface area contributed by atoms with E-state index in [0.717, 1.165) is 30.6 Å². The van der Waals surface area contributed by atoms with Gasteiger partial charge in [0.25, 0.3) is 10.0 Å². The predicted molar refractivity (Wildman–Crippen MR) is 163 cm³/mol. The number of aliphatic imine (C=N–C) groups is 2. The molecule has 0 aliphatic carbocycles. The number of anilines is 2. The number of fused-ring (bicyclic) bond motifs is 1. The minimum absolute atomic E-state index is 0.0711. The molecule has 1 aliphatic heterocycles. The molecule has 0 saturated carbocycles. The van der Waals surface area contributed by atoms with Gasteiger partial charge in [0.05, 0.1) is 32.9 Å². The van der Waals surface area contributed by atoms with E-state index in [1.165, 1.54) is 30.5 Å². The van der Waals surface area contributed by atoms with Crippen molar-refractivity contribution >= 4 is 69.8 Å². The lowest BCUT2D eigenvalue weighted by Gasteiger charge is -2.19. The predicted octanol–water partition coefficient (Wildman–Crippen LogP) is 6.02. The quantitative estimate of drug-likeness (QED) is 0.225. The average Bonchev–Trinajstić information content (AvgIpc) is 2.93. The molecule has 0 spiro atoms. The molecule has 0 fully saturated rings. The van der Waals surface area contributed by atoms with Gasteiger partial charge in [0, 0.05) is 23.5 Å². The molecule has 0 unspecified atom stereocenters. The number of rotatable bonds is 9. The number of carbonyl (C=O) groups is 1. The lowest BCUT2D eigenvalue weighted by Crippen LogP contribution is -2.31. The van der Waals surface area contributed by atoms with Crippen LogP contribution in [0.4, 0.5) is 16.2 Å². The van der Waals surface area contributed by atoms with E-state index in [1.54, 1.807) is 25.1 Å². The Balaban J connectivity index is 1.40. The van der Waals surface area contributed by atoms with Crippen LogP contribution in [-0.4, -0.2) is 34.4 Å². The molecule has 1 aliphatic rings. The fourth-order valence-electron chi connectivity index (χ4n) is 4.29. The molecule has 2 amide bonds. The Labute approximate surface area is 243 Å². The van der Waals surface area contributed by atoms with Gasteiger partial charge in [-0.3, -0.25) is 14.7 Å². The van der Waals surface area contributed by atoms with Gasteiger partial charge in [-0.25, -0.2) is 13.2 Å². The van der Waals surface area contributed by atoms with Gasteiger partial charge in [0.15, 0.2) is 0 Å². The van der Waals surface area contributed by atoms with Gasteiger partial charge in [-0.1, -0.05) is 41.4 Å². The Hall–Kier alpha value is -3.70. The summed E-state index contributed by atoms with van der Waals surface area (Å²) in [5, 5.41) is 9.28. The SMILES string of the molecule is C=N/C=C(\N=C)c1ccc([C@H](C)NC(=O)Nc2ccc(S(=O)(=O)Nc3ccc4c(c3)CCNC4)cc2)c(Cl)c1Cl. The molecular formula is C28H28Cl2N6O3S. The lowest BCUT2D eigenvalue weighted by molar-refractivity contribution is 0.249. The zero-order valence-corrected chi connectivity index (χ0v) is 24.0. The van der Waals surface area contributed by atoms with E-state index in [0.29, 0.717) is 28.2 Å². The number of sulfonamides is 1. The van der Waals surface area contributed by atoms with Crippen molar-refractivity contribution in [2.24, 2.45) is 9.98 Å². The second kappa shape index (κ2) is 12.6. The first-order valence-corrected chi connectivity index (χ1v) is 14.5. The average molecular weight is 600 g/mol. The Bertz CT molecular complexity index is 1590. The minimum Gasteiger partial charge on any atom is -0.331 e. The zero-order valence-electron chi connectivity index (χ0n) is 21.7. The molecule has 3 aromatic rings. The number of amides is 2. The fourth-order valence-corrected chi connectivity index (χ4v) is 5.94. The van der Waals surface area contributed by atoms with Crippen molar-refractivity contribution in [2.45, 2.75) is 30.8 Å². The van der Waals surface area contributed by atoms with E-state index < -0.39 is 22.1 Å². The van der Waals surface area contributed by atoms with E-state index in [4.69, 9.17) is 23.2 Å². The largest absolute Gasteiger partial charge is 0.331 e. The first-order valence-electron chi connectivity index (χ1n) is 12.3. The highest BCUT2D eigenvalue weighted by Gasteiger charge is 2.19. The monoisotopic (exact) mass is 598 g/mol. The molecule has 208 valence electrons. The maximum atomic E-state index is 12.9. The van der Waals surface area contributed by atoms with Crippen LogP contribution in [0.15, 0.2) is 75.7 Å². The lowest BCUT2D eigenvalue weighted by atomic mass is 10.0. The molecule has 4 N–H and O–H groups in total. The van der Waals surface area contributed by atoms with Gasteiger partial charge < -0.3 is 16.0 Å². The molecule has 12 heteroatoms. The van der Waals surface area contributed by atoms with Crippen LogP contribution in [-0.2, 0) is 23.0 Å². The number of hydrogen-bond donors (Lipinski definition) is 4. The zero-order chi connectivity index (χ0) is 28.9. The highest BCUT2D eigenvalue weighted by molar-refractivity contribution is 7.92. The smallest absolute Gasteiger partial charge is 0.319 e. The Morgan fingerprint density at radius 3 is 2.45 bits per heavy atom. The second-order valence-electron chi connectivity index (χ2n) is 9.05. The third kappa shape index (κ3) is 6.71. The second-order valence-corrected chi connectivity index (χ2v) is 11.5. The van der Waals surface area contributed by atoms with Crippen LogP contribution in [0.2, 0.25) is 10.0 Å². The van der Waals surface area contributed by atoms with Crippen molar-refractivity contribution in [2.75, 3.05) is 16.6 Å². The fraction of sp³-hybridized carbons (Fsp3) is 0.179. The highest BCUT2D eigenvalue weighted by atomic mass is 35.5. The van der Waals surface area contributed by atoms with Crippen molar-refractivity contribution in [3.63, 3.8) is 0 Å². The van der Waals surface area contributed by atoms with E-state index >= 15 is 0 Å². The molecule has 1 atom stereocenters. The molecule has 3 aromatic carbocycles. The standard InChI is InChI=1S/C28H28Cl2N6O3S/c1-17(23-10-11-24(27(30)26(23)29)25(32-3)16-31-2)34-28(37)35-20-6-8-22(9-7-20)40(38,39)36-21-5-4-19-15-33-13-12-18(19)14-21/h4-11,14,16-17,33,36H,2-3,12-13,15H2,1H3,(H2,34,35,37)/b25-16-/t17-/m0/s1. The summed E-state index contributed by atoms with van der Waals surface area (Å²) in [4.78, 5) is 20.3. The van der Waals surface area contributed by atoms with E-state index in [9.17, 15) is 13.2 Å². The molecule has 0 saturated heterocycles. The highest BCUT2D eigenvalue weighted by Crippen LogP contribution is 2.36. The summed E-state index contributed by atoms with van der Waals surface area (Å²) in [7, 11) is -3.81. The minimum atomic E-state index is -3.81. The van der Waals surface area contributed by atoms with Crippen LogP contribution in [0.25, 0.3) is 5.70 Å². The third-order valence-electron chi connectivity index (χ3n) is 6.35. The maximum Gasteiger partial charge on any atom is 0.319 e. The normalized spacial score (nSPS) is 14.0. The van der Waals surface area contributed by atoms with Crippen molar-refractivity contribution in [3.05, 3.63) is 93.1 Å². The number of nitrogens with one attached hydrogen (secondary N) is 4. The van der Waals surface area contributed by atoms with Crippen LogP contribution in [0.1, 0.15) is 35.2 Å². The van der Waals surface area contributed by atoms with E-state index in [2.05, 4.69) is 44.1 Å². The van der Waals surface area contributed by atoms with Crippen LogP contribution in [0.3, 0.4) is 0 Å². The topological polar surface area (TPSA) is 124 Å². The molecule has 0 bridgehead atoms. The van der Waals surface area contributed by atoms with Crippen molar-refractivity contribution in [1.82, 2.24) is 10.6 Å². The van der Waals surface area contributed by atoms with Crippen LogP contribution >= 0.6 is 23.2 Å². The van der Waals surface area contributed by atoms with Gasteiger partial charge in [-0.15, -0.1) is 0 Å². The number of benzene rings is 3. The summed E-state index contributed by atoms with van der Waals surface area (Å²) < 4.78 is 28.5. The summed E-state index contributed by atoms with van der Waals surface area (Å²) >= 11 is 12.9. The molecule has 0 aromatic heterocycles. The first-order chi connectivity index (χ1) is 19.1. The van der Waals surface area contributed by atoms with Gasteiger partial charge in [-0.05, 0) is 86.4 Å². The summed E-state index contributed by atoms with van der Waals surface area (Å²) in [6.07, 6.45) is 2.26. The molecule has 0 radical (unpaired) electrons. The van der Waals surface area contributed by atoms with Gasteiger partial charge in [0.1, 0.15) is 0 Å². The summed E-state index contributed by atoms with van der Waals surface area (Å²) in [6.45, 7) is 10.3. The Kier molecular flexibility index (Phi) is 9.26.